The minimum atomic E-state index is -4.45. The second kappa shape index (κ2) is 8.38. The molecule has 2 heterocycles. The van der Waals surface area contributed by atoms with Crippen molar-refractivity contribution in [2.24, 2.45) is 11.8 Å². The highest BCUT2D eigenvalue weighted by Gasteiger charge is 2.44. The van der Waals surface area contributed by atoms with Gasteiger partial charge in [-0.1, -0.05) is 43.7 Å². The van der Waals surface area contributed by atoms with Gasteiger partial charge in [0.15, 0.2) is 5.69 Å². The van der Waals surface area contributed by atoms with E-state index in [9.17, 15) is 13.2 Å². The van der Waals surface area contributed by atoms with Gasteiger partial charge >= 0.3 is 6.18 Å². The van der Waals surface area contributed by atoms with Crippen molar-refractivity contribution in [3.63, 3.8) is 0 Å². The Morgan fingerprint density at radius 2 is 1.79 bits per heavy atom. The third-order valence-electron chi connectivity index (χ3n) is 6.09. The Bertz CT molecular complexity index is 791. The molecule has 4 nitrogen and oxygen atoms in total. The summed E-state index contributed by atoms with van der Waals surface area (Å²) in [5, 5.41) is 3.78. The number of hydrogen-bond acceptors (Lipinski definition) is 3. The average Bonchev–Trinajstić information content (AvgIpc) is 3.19. The predicted molar refractivity (Wildman–Crippen MR) is 104 cm³/mol. The number of likely N-dealkylation sites (tertiary alicyclic amines) is 1. The molecule has 1 aromatic carbocycles. The molecule has 2 aromatic rings. The summed E-state index contributed by atoms with van der Waals surface area (Å²) in [7, 11) is 0. The molecule has 7 heteroatoms. The van der Waals surface area contributed by atoms with Crippen LogP contribution in [0.25, 0.3) is 0 Å². The molecule has 2 aliphatic rings. The summed E-state index contributed by atoms with van der Waals surface area (Å²) in [6, 6.07) is 11.5. The van der Waals surface area contributed by atoms with Crippen molar-refractivity contribution in [1.82, 2.24) is 14.7 Å². The summed E-state index contributed by atoms with van der Waals surface area (Å²) >= 11 is 0. The van der Waals surface area contributed by atoms with E-state index in [2.05, 4.69) is 34.3 Å². The zero-order valence-electron chi connectivity index (χ0n) is 16.7. The average molecular weight is 407 g/mol. The number of hydrogen-bond donors (Lipinski definition) is 0. The lowest BCUT2D eigenvalue weighted by Gasteiger charge is -2.38. The highest BCUT2D eigenvalue weighted by molar-refractivity contribution is 5.20. The Hall–Kier alpha value is -2.02. The van der Waals surface area contributed by atoms with Crippen LogP contribution in [0.15, 0.2) is 36.4 Å². The van der Waals surface area contributed by atoms with Crippen molar-refractivity contribution in [3.05, 3.63) is 47.7 Å². The molecular weight excluding hydrogens is 379 g/mol. The van der Waals surface area contributed by atoms with Gasteiger partial charge in [0.05, 0.1) is 0 Å². The Morgan fingerprint density at radius 3 is 2.41 bits per heavy atom. The van der Waals surface area contributed by atoms with Gasteiger partial charge in [-0.15, -0.1) is 0 Å². The number of aromatic nitrogens is 2. The van der Waals surface area contributed by atoms with E-state index >= 15 is 0 Å². The summed E-state index contributed by atoms with van der Waals surface area (Å²) in [6.07, 6.45) is -0.680. The van der Waals surface area contributed by atoms with Crippen molar-refractivity contribution in [3.8, 4) is 5.88 Å². The van der Waals surface area contributed by atoms with Crippen LogP contribution in [0.3, 0.4) is 0 Å². The molecular formula is C22H28F3N3O. The van der Waals surface area contributed by atoms with Gasteiger partial charge in [-0.25, -0.2) is 4.68 Å². The van der Waals surface area contributed by atoms with Gasteiger partial charge in [-0.2, -0.15) is 18.3 Å². The molecule has 0 amide bonds. The zero-order valence-corrected chi connectivity index (χ0v) is 16.7. The van der Waals surface area contributed by atoms with Crippen LogP contribution in [0.1, 0.15) is 43.9 Å². The van der Waals surface area contributed by atoms with E-state index in [4.69, 9.17) is 4.74 Å². The van der Waals surface area contributed by atoms with Gasteiger partial charge < -0.3 is 4.74 Å². The first-order valence-corrected chi connectivity index (χ1v) is 10.5. The topological polar surface area (TPSA) is 30.3 Å². The van der Waals surface area contributed by atoms with Crippen molar-refractivity contribution in [2.45, 2.75) is 58.0 Å². The molecule has 29 heavy (non-hydrogen) atoms. The standard InChI is InChI=1S/C22H28F3N3O/c1-2-3-11-28-20(12-19(26-28)22(23,24)25)29-21-17-9-10-18(21)15-27(14-17)13-16-7-5-4-6-8-16/h4-8,12,17-18,21H,2-3,9-11,13-15H2,1H3/t17-,18+,21?. The van der Waals surface area contributed by atoms with Crippen molar-refractivity contribution >= 4 is 0 Å². The maximum atomic E-state index is 13.2. The van der Waals surface area contributed by atoms with E-state index in [0.717, 1.165) is 51.4 Å². The third-order valence-corrected chi connectivity index (χ3v) is 6.09. The number of rotatable bonds is 7. The van der Waals surface area contributed by atoms with Gasteiger partial charge in [-0.05, 0) is 24.8 Å². The first kappa shape index (κ1) is 20.3. The fraction of sp³-hybridized carbons (Fsp3) is 0.591. The van der Waals surface area contributed by atoms with E-state index in [1.807, 2.05) is 13.0 Å². The van der Waals surface area contributed by atoms with Gasteiger partial charge in [0.2, 0.25) is 5.88 Å². The lowest BCUT2D eigenvalue weighted by molar-refractivity contribution is -0.141. The summed E-state index contributed by atoms with van der Waals surface area (Å²) in [4.78, 5) is 2.45. The van der Waals surface area contributed by atoms with Crippen LogP contribution in [-0.2, 0) is 19.3 Å². The molecule has 1 aliphatic heterocycles. The monoisotopic (exact) mass is 407 g/mol. The minimum absolute atomic E-state index is 0.0276. The molecule has 1 saturated carbocycles. The largest absolute Gasteiger partial charge is 0.474 e. The van der Waals surface area contributed by atoms with Crippen molar-refractivity contribution in [1.29, 1.82) is 0 Å². The Kier molecular flexibility index (Phi) is 5.86. The maximum Gasteiger partial charge on any atom is 0.435 e. The molecule has 3 atom stereocenters. The fourth-order valence-corrected chi connectivity index (χ4v) is 4.67. The number of unbranched alkanes of at least 4 members (excludes halogenated alkanes) is 1. The van der Waals surface area contributed by atoms with E-state index in [0.29, 0.717) is 18.4 Å². The van der Waals surface area contributed by atoms with Gasteiger partial charge in [0.1, 0.15) is 6.10 Å². The highest BCUT2D eigenvalue weighted by atomic mass is 19.4. The number of benzene rings is 1. The first-order valence-electron chi connectivity index (χ1n) is 10.5. The summed E-state index contributed by atoms with van der Waals surface area (Å²) in [5.41, 5.74) is 0.427. The second-order valence-corrected chi connectivity index (χ2v) is 8.30. The Morgan fingerprint density at radius 1 is 1.10 bits per heavy atom. The van der Waals surface area contributed by atoms with E-state index in [1.54, 1.807) is 0 Å². The van der Waals surface area contributed by atoms with Crippen molar-refractivity contribution in [2.75, 3.05) is 13.1 Å². The minimum Gasteiger partial charge on any atom is -0.474 e. The second-order valence-electron chi connectivity index (χ2n) is 8.30. The van der Waals surface area contributed by atoms with Crippen LogP contribution < -0.4 is 4.74 Å². The van der Waals surface area contributed by atoms with Gasteiger partial charge in [0, 0.05) is 44.1 Å². The Balaban J connectivity index is 1.46. The number of fused-ring (bicyclic) bond motifs is 2. The first-order chi connectivity index (χ1) is 13.9. The summed E-state index contributed by atoms with van der Waals surface area (Å²) < 4.78 is 47.1. The van der Waals surface area contributed by atoms with Gasteiger partial charge in [-0.3, -0.25) is 4.90 Å². The molecule has 1 saturated heterocycles. The number of ether oxygens (including phenoxy) is 1. The number of piperidine rings is 1. The van der Waals surface area contributed by atoms with E-state index < -0.39 is 11.9 Å². The van der Waals surface area contributed by atoms with Crippen LogP contribution >= 0.6 is 0 Å². The van der Waals surface area contributed by atoms with Crippen LogP contribution in [0.4, 0.5) is 13.2 Å². The fourth-order valence-electron chi connectivity index (χ4n) is 4.67. The molecule has 1 unspecified atom stereocenters. The number of alkyl halides is 3. The number of aryl methyl sites for hydroxylation is 1. The molecule has 1 aromatic heterocycles. The summed E-state index contributed by atoms with van der Waals surface area (Å²) in [6.45, 7) is 5.21. The molecule has 158 valence electrons. The molecule has 1 aliphatic carbocycles. The number of nitrogens with zero attached hydrogens (tertiary/aromatic N) is 3. The molecule has 0 spiro atoms. The van der Waals surface area contributed by atoms with E-state index in [1.165, 1.54) is 10.2 Å². The van der Waals surface area contributed by atoms with Crippen LogP contribution in [-0.4, -0.2) is 33.9 Å². The van der Waals surface area contributed by atoms with Crippen LogP contribution in [0.5, 0.6) is 5.88 Å². The molecule has 0 N–H and O–H groups in total. The SMILES string of the molecule is CCCCn1nc(C(F)(F)F)cc1OC1[C@@H]2CC[C@H]1CN(Cc1ccccc1)C2. The molecule has 2 bridgehead atoms. The molecule has 2 fully saturated rings. The van der Waals surface area contributed by atoms with E-state index in [-0.39, 0.29) is 12.0 Å². The third kappa shape index (κ3) is 4.60. The lowest BCUT2D eigenvalue weighted by Crippen LogP contribution is -2.46. The zero-order chi connectivity index (χ0) is 20.4. The molecule has 0 radical (unpaired) electrons. The highest BCUT2D eigenvalue weighted by Crippen LogP contribution is 2.40. The predicted octanol–water partition coefficient (Wildman–Crippen LogP) is 4.99. The number of halogens is 3. The molecule has 4 rings (SSSR count). The normalized spacial score (nSPS) is 24.8. The van der Waals surface area contributed by atoms with Crippen LogP contribution in [0.2, 0.25) is 0 Å². The van der Waals surface area contributed by atoms with Gasteiger partial charge in [0.25, 0.3) is 0 Å². The Labute approximate surface area is 169 Å². The summed E-state index contributed by atoms with van der Waals surface area (Å²) in [5.74, 6) is 0.965. The smallest absolute Gasteiger partial charge is 0.435 e. The lowest BCUT2D eigenvalue weighted by atomic mass is 9.94. The van der Waals surface area contributed by atoms with Crippen molar-refractivity contribution < 1.29 is 17.9 Å². The van der Waals surface area contributed by atoms with Crippen LogP contribution in [0, 0.1) is 11.8 Å². The maximum absolute atomic E-state index is 13.2. The quantitative estimate of drug-likeness (QED) is 0.648.